The van der Waals surface area contributed by atoms with Gasteiger partial charge in [-0.1, -0.05) is 83.9 Å². The average Bonchev–Trinajstić information content (AvgIpc) is 3.36. The minimum absolute atomic E-state index is 0. The van der Waals surface area contributed by atoms with Crippen LogP contribution in [0.1, 0.15) is 0 Å². The number of hydrogen-bond acceptors (Lipinski definition) is 2. The normalized spacial score (nSPS) is 10.1. The van der Waals surface area contributed by atoms with Gasteiger partial charge in [0.25, 0.3) is 0 Å². The average molecular weight is 656 g/mol. The first kappa shape index (κ1) is 26.0. The maximum Gasteiger partial charge on any atom is 0.0587 e. The maximum atomic E-state index is 4.60. The molecule has 0 amide bonds. The van der Waals surface area contributed by atoms with E-state index in [4.69, 9.17) is 0 Å². The van der Waals surface area contributed by atoms with Gasteiger partial charge in [-0.2, -0.15) is 0 Å². The Balaban J connectivity index is 0.000000208. The van der Waals surface area contributed by atoms with Crippen LogP contribution in [-0.4, -0.2) is 14.5 Å². The van der Waals surface area contributed by atoms with Crippen molar-refractivity contribution in [2.45, 2.75) is 0 Å². The van der Waals surface area contributed by atoms with Crippen LogP contribution < -0.4 is 0 Å². The summed E-state index contributed by atoms with van der Waals surface area (Å²) in [5, 5.41) is 0. The molecule has 37 heavy (non-hydrogen) atoms. The first-order valence-corrected chi connectivity index (χ1v) is 11.8. The number of benzene rings is 4. The molecule has 0 aliphatic heterocycles. The summed E-state index contributed by atoms with van der Waals surface area (Å²) in [5.74, 6) is 0.925. The van der Waals surface area contributed by atoms with E-state index in [9.17, 15) is 0 Å². The van der Waals surface area contributed by atoms with Crippen molar-refractivity contribution in [3.05, 3.63) is 146 Å². The topological polar surface area (TPSA) is 30.7 Å². The molecule has 0 saturated carbocycles. The zero-order valence-corrected chi connectivity index (χ0v) is 22.8. The zero-order chi connectivity index (χ0) is 24.6. The molecule has 1 radical (unpaired) electrons. The summed E-state index contributed by atoms with van der Waals surface area (Å²) in [6.45, 7) is 0. The molecule has 2 aromatic heterocycles. The third-order valence-electron chi connectivity index (χ3n) is 5.87. The van der Waals surface area contributed by atoms with E-state index >= 15 is 0 Å². The molecule has 0 N–H and O–H groups in total. The third-order valence-corrected chi connectivity index (χ3v) is 5.87. The van der Waals surface area contributed by atoms with Crippen molar-refractivity contribution in [3.63, 3.8) is 0 Å². The second kappa shape index (κ2) is 12.7. The van der Waals surface area contributed by atoms with E-state index in [1.54, 1.807) is 6.20 Å². The number of aromatic nitrogens is 3. The third kappa shape index (κ3) is 6.37. The number of imidazole rings is 1. The monoisotopic (exact) mass is 656 g/mol. The van der Waals surface area contributed by atoms with E-state index in [0.29, 0.717) is 0 Å². The Kier molecular flexibility index (Phi) is 8.93. The van der Waals surface area contributed by atoms with Crippen LogP contribution in [0, 0.1) is 12.1 Å². The predicted octanol–water partition coefficient (Wildman–Crippen LogP) is 7.77. The van der Waals surface area contributed by atoms with Crippen LogP contribution >= 0.6 is 0 Å². The zero-order valence-electron chi connectivity index (χ0n) is 20.4. The Bertz CT molecular complexity index is 1460. The Morgan fingerprint density at radius 2 is 1.30 bits per heavy atom. The van der Waals surface area contributed by atoms with Gasteiger partial charge in [-0.25, -0.2) is 0 Å². The number of pyridine rings is 1. The molecule has 0 spiro atoms. The van der Waals surface area contributed by atoms with Crippen molar-refractivity contribution < 1.29 is 20.1 Å². The molecule has 4 heteroatoms. The first-order valence-electron chi connectivity index (χ1n) is 11.8. The van der Waals surface area contributed by atoms with Crippen molar-refractivity contribution in [1.29, 1.82) is 0 Å². The first-order chi connectivity index (χ1) is 17.8. The van der Waals surface area contributed by atoms with Gasteiger partial charge < -0.3 is 9.55 Å². The Morgan fingerprint density at radius 1 is 0.595 bits per heavy atom. The Morgan fingerprint density at radius 3 is 1.92 bits per heavy atom. The summed E-state index contributed by atoms with van der Waals surface area (Å²) in [6, 6.07) is 47.1. The molecule has 0 fully saturated rings. The molecule has 0 bridgehead atoms. The van der Waals surface area contributed by atoms with Crippen LogP contribution in [0.3, 0.4) is 0 Å². The Hall–Kier alpha value is -4.11. The van der Waals surface area contributed by atoms with Crippen LogP contribution in [0.25, 0.3) is 45.0 Å². The van der Waals surface area contributed by atoms with Gasteiger partial charge >= 0.3 is 0 Å². The maximum absolute atomic E-state index is 4.60. The fraction of sp³-hybridized carbons (Fsp3) is 0.0303. The minimum atomic E-state index is 0. The predicted molar refractivity (Wildman–Crippen MR) is 147 cm³/mol. The van der Waals surface area contributed by atoms with Crippen LogP contribution in [0.5, 0.6) is 0 Å². The number of nitrogens with zero attached hydrogens (tertiary/aromatic N) is 3. The summed E-state index contributed by atoms with van der Waals surface area (Å²) in [7, 11) is 2.05. The van der Waals surface area contributed by atoms with Gasteiger partial charge in [0.1, 0.15) is 0 Å². The second-order valence-electron chi connectivity index (χ2n) is 8.24. The molecule has 0 unspecified atom stereocenters. The fourth-order valence-corrected chi connectivity index (χ4v) is 3.99. The van der Waals surface area contributed by atoms with Crippen molar-refractivity contribution in [2.24, 2.45) is 7.05 Å². The van der Waals surface area contributed by atoms with Gasteiger partial charge in [0.15, 0.2) is 0 Å². The quantitative estimate of drug-likeness (QED) is 0.182. The fourth-order valence-electron chi connectivity index (χ4n) is 3.99. The van der Waals surface area contributed by atoms with E-state index in [2.05, 4.69) is 63.1 Å². The molecule has 2 heterocycles. The van der Waals surface area contributed by atoms with Crippen molar-refractivity contribution in [1.82, 2.24) is 14.5 Å². The molecular formula is C33H25IrN3-2. The van der Waals surface area contributed by atoms with E-state index in [1.807, 2.05) is 98.2 Å². The van der Waals surface area contributed by atoms with Crippen LogP contribution in [0.4, 0.5) is 0 Å². The molecule has 6 rings (SSSR count). The molecule has 0 saturated heterocycles. The number of hydrogen-bond donors (Lipinski definition) is 0. The molecule has 0 atom stereocenters. The van der Waals surface area contributed by atoms with Crippen LogP contribution in [0.2, 0.25) is 0 Å². The van der Waals surface area contributed by atoms with Gasteiger partial charge in [-0.05, 0) is 17.3 Å². The summed E-state index contributed by atoms with van der Waals surface area (Å²) >= 11 is 0. The van der Waals surface area contributed by atoms with Crippen molar-refractivity contribution in [3.8, 4) is 45.0 Å². The van der Waals surface area contributed by atoms with Crippen LogP contribution in [-0.2, 0) is 27.2 Å². The largest absolute Gasteiger partial charge is 0.367 e. The molecule has 6 aromatic rings. The molecule has 0 aliphatic rings. The van der Waals surface area contributed by atoms with Crippen LogP contribution in [0.15, 0.2) is 134 Å². The molecule has 4 aromatic carbocycles. The summed E-state index contributed by atoms with van der Waals surface area (Å²) < 4.78 is 2.11. The van der Waals surface area contributed by atoms with Gasteiger partial charge in [0.05, 0.1) is 11.5 Å². The van der Waals surface area contributed by atoms with Gasteiger partial charge in [-0.15, -0.1) is 65.7 Å². The summed E-state index contributed by atoms with van der Waals surface area (Å²) in [4.78, 5) is 8.81. The second-order valence-corrected chi connectivity index (χ2v) is 8.24. The van der Waals surface area contributed by atoms with Gasteiger partial charge in [-0.3, -0.25) is 4.98 Å². The van der Waals surface area contributed by atoms with Crippen molar-refractivity contribution >= 4 is 0 Å². The Labute approximate surface area is 231 Å². The molecule has 0 aliphatic carbocycles. The van der Waals surface area contributed by atoms with Crippen molar-refractivity contribution in [2.75, 3.05) is 0 Å². The van der Waals surface area contributed by atoms with E-state index in [-0.39, 0.29) is 20.1 Å². The summed E-state index contributed by atoms with van der Waals surface area (Å²) in [5.41, 5.74) is 7.64. The molecule has 3 nitrogen and oxygen atoms in total. The minimum Gasteiger partial charge on any atom is -0.367 e. The molecular weight excluding hydrogens is 631 g/mol. The summed E-state index contributed by atoms with van der Waals surface area (Å²) in [6.07, 6.45) is 3.71. The van der Waals surface area contributed by atoms with Gasteiger partial charge in [0, 0.05) is 39.5 Å². The molecule has 183 valence electrons. The SMILES string of the molecule is Cn1c(-c2ccccc2)cnc1-c1[c-]cc(-c2ccccc2)cc1.[Ir].[c-]1ccccc1-c1ccccn1. The van der Waals surface area contributed by atoms with E-state index < -0.39 is 0 Å². The number of rotatable bonds is 4. The standard InChI is InChI=1S/C22H17N2.C11H8N.Ir/c1-24-21(19-10-6-3-7-11-19)16-23-22(24)20-14-12-18(13-15-20)17-8-4-2-5-9-17;1-2-6-10(7-3-1)11-8-4-5-9-12-11;/h2-14,16H,1H3;1-6,8-9H;/q2*-1;. The smallest absolute Gasteiger partial charge is 0.0587 e. The van der Waals surface area contributed by atoms with E-state index in [0.717, 1.165) is 33.9 Å². The van der Waals surface area contributed by atoms with E-state index in [1.165, 1.54) is 11.1 Å². The van der Waals surface area contributed by atoms with Gasteiger partial charge in [0.2, 0.25) is 0 Å².